The lowest BCUT2D eigenvalue weighted by Gasteiger charge is -2.61. The van der Waals surface area contributed by atoms with Gasteiger partial charge in [-0.3, -0.25) is 0 Å². The third-order valence-corrected chi connectivity index (χ3v) is 5.55. The first-order valence-corrected chi connectivity index (χ1v) is 8.14. The van der Waals surface area contributed by atoms with Gasteiger partial charge in [0.25, 0.3) is 0 Å². The molecule has 1 N–H and O–H groups in total. The van der Waals surface area contributed by atoms with E-state index < -0.39 is 0 Å². The maximum Gasteiger partial charge on any atom is 0.145 e. The molecule has 0 radical (unpaired) electrons. The van der Waals surface area contributed by atoms with Gasteiger partial charge < -0.3 is 5.32 Å². The fourth-order valence-electron chi connectivity index (χ4n) is 4.24. The molecule has 3 rings (SSSR count). The first-order chi connectivity index (χ1) is 9.61. The quantitative estimate of drug-likeness (QED) is 0.778. The van der Waals surface area contributed by atoms with E-state index in [0.29, 0.717) is 5.41 Å². The molecule has 110 valence electrons. The van der Waals surface area contributed by atoms with Gasteiger partial charge in [-0.25, -0.2) is 4.39 Å². The van der Waals surface area contributed by atoms with Crippen LogP contribution in [0, 0.1) is 11.2 Å². The Morgan fingerprint density at radius 3 is 2.65 bits per heavy atom. The van der Waals surface area contributed by atoms with Crippen LogP contribution in [0.25, 0.3) is 0 Å². The van der Waals surface area contributed by atoms with Crippen LogP contribution in [-0.4, -0.2) is 13.1 Å². The van der Waals surface area contributed by atoms with Crippen molar-refractivity contribution in [3.63, 3.8) is 0 Å². The summed E-state index contributed by atoms with van der Waals surface area (Å²) in [5.41, 5.74) is 1.30. The summed E-state index contributed by atoms with van der Waals surface area (Å²) in [5.74, 6) is -0.207. The molecule has 0 bridgehead atoms. The molecule has 2 fully saturated rings. The molecule has 0 heterocycles. The fourth-order valence-corrected chi connectivity index (χ4v) is 4.42. The van der Waals surface area contributed by atoms with E-state index in [1.807, 2.05) is 12.1 Å². The Morgan fingerprint density at radius 2 is 2.05 bits per heavy atom. The van der Waals surface area contributed by atoms with Gasteiger partial charge in [0.2, 0.25) is 0 Å². The van der Waals surface area contributed by atoms with Crippen LogP contribution >= 0.6 is 11.6 Å². The number of hydrogen-bond donors (Lipinski definition) is 1. The van der Waals surface area contributed by atoms with Crippen molar-refractivity contribution in [2.45, 2.75) is 50.9 Å². The lowest BCUT2D eigenvalue weighted by molar-refractivity contribution is -0.0495. The van der Waals surface area contributed by atoms with Crippen LogP contribution < -0.4 is 5.32 Å². The Balaban J connectivity index is 1.84. The lowest BCUT2D eigenvalue weighted by atomic mass is 9.43. The van der Waals surface area contributed by atoms with Gasteiger partial charge in [0.1, 0.15) is 5.82 Å². The van der Waals surface area contributed by atoms with E-state index in [0.717, 1.165) is 37.9 Å². The molecule has 2 saturated carbocycles. The molecule has 20 heavy (non-hydrogen) atoms. The van der Waals surface area contributed by atoms with Crippen LogP contribution in [0.4, 0.5) is 4.39 Å². The number of halogens is 2. The molecule has 0 aromatic heterocycles. The van der Waals surface area contributed by atoms with Crippen molar-refractivity contribution in [3.8, 4) is 0 Å². The highest BCUT2D eigenvalue weighted by molar-refractivity contribution is 6.30. The summed E-state index contributed by atoms with van der Waals surface area (Å²) in [6.07, 6.45) is 7.34. The predicted octanol–water partition coefficient (Wildman–Crippen LogP) is 4.68. The van der Waals surface area contributed by atoms with E-state index in [2.05, 4.69) is 12.2 Å². The van der Waals surface area contributed by atoms with Crippen molar-refractivity contribution >= 4 is 11.6 Å². The van der Waals surface area contributed by atoms with Crippen LogP contribution in [0.5, 0.6) is 0 Å². The van der Waals surface area contributed by atoms with Gasteiger partial charge in [0.15, 0.2) is 0 Å². The maximum absolute atomic E-state index is 14.4. The number of rotatable bonds is 5. The largest absolute Gasteiger partial charge is 0.316 e. The van der Waals surface area contributed by atoms with Crippen LogP contribution in [0.15, 0.2) is 18.2 Å². The van der Waals surface area contributed by atoms with Gasteiger partial charge >= 0.3 is 0 Å². The van der Waals surface area contributed by atoms with Crippen molar-refractivity contribution in [1.29, 1.82) is 0 Å². The zero-order chi connectivity index (χ0) is 14.2. The minimum atomic E-state index is -0.207. The second kappa shape index (κ2) is 5.31. The van der Waals surface area contributed by atoms with Gasteiger partial charge in [0, 0.05) is 12.0 Å². The maximum atomic E-state index is 14.4. The standard InChI is InChI=1S/C17H23ClFN/c1-2-9-20-12-17(10-16(11-17)7-4-8-16)13-5-3-6-14(18)15(13)19/h3,5-6,20H,2,4,7-12H2,1H3. The first-order valence-electron chi connectivity index (χ1n) is 7.76. The van der Waals surface area contributed by atoms with E-state index >= 15 is 0 Å². The molecule has 0 aliphatic heterocycles. The summed E-state index contributed by atoms with van der Waals surface area (Å²) >= 11 is 5.99. The number of benzene rings is 1. The van der Waals surface area contributed by atoms with Gasteiger partial charge in [-0.15, -0.1) is 0 Å². The molecule has 2 aliphatic carbocycles. The normalized spacial score (nSPS) is 22.4. The minimum absolute atomic E-state index is 0.0371. The molecule has 3 heteroatoms. The predicted molar refractivity (Wildman–Crippen MR) is 81.8 cm³/mol. The highest BCUT2D eigenvalue weighted by Gasteiger charge is 2.58. The average molecular weight is 296 g/mol. The Kier molecular flexibility index (Phi) is 3.81. The summed E-state index contributed by atoms with van der Waals surface area (Å²) in [6.45, 7) is 4.03. The van der Waals surface area contributed by atoms with E-state index in [1.54, 1.807) is 6.07 Å². The second-order valence-electron chi connectivity index (χ2n) is 6.77. The van der Waals surface area contributed by atoms with E-state index in [1.165, 1.54) is 19.3 Å². The van der Waals surface area contributed by atoms with Crippen molar-refractivity contribution in [1.82, 2.24) is 5.32 Å². The number of hydrogen-bond acceptors (Lipinski definition) is 1. The average Bonchev–Trinajstić information content (AvgIpc) is 2.34. The number of nitrogens with one attached hydrogen (secondary N) is 1. The zero-order valence-electron chi connectivity index (χ0n) is 12.1. The molecule has 1 aromatic rings. The summed E-state index contributed by atoms with van der Waals surface area (Å²) in [5, 5.41) is 3.76. The topological polar surface area (TPSA) is 12.0 Å². The molecule has 1 nitrogen and oxygen atoms in total. The molecule has 1 aromatic carbocycles. The molecule has 0 unspecified atom stereocenters. The van der Waals surface area contributed by atoms with Crippen molar-refractivity contribution < 1.29 is 4.39 Å². The molecule has 0 atom stereocenters. The highest BCUT2D eigenvalue weighted by atomic mass is 35.5. The highest BCUT2D eigenvalue weighted by Crippen LogP contribution is 2.65. The summed E-state index contributed by atoms with van der Waals surface area (Å²) in [6, 6.07) is 5.46. The zero-order valence-corrected chi connectivity index (χ0v) is 12.9. The van der Waals surface area contributed by atoms with Gasteiger partial charge in [-0.2, -0.15) is 0 Å². The van der Waals surface area contributed by atoms with Gasteiger partial charge in [-0.1, -0.05) is 37.1 Å². The molecule has 1 spiro atoms. The SMILES string of the molecule is CCCNCC1(c2cccc(Cl)c2F)CC2(CCC2)C1. The molecular weight excluding hydrogens is 273 g/mol. The molecule has 2 aliphatic rings. The Bertz CT molecular complexity index is 488. The molecule has 0 saturated heterocycles. The third-order valence-electron chi connectivity index (χ3n) is 5.25. The fraction of sp³-hybridized carbons (Fsp3) is 0.647. The summed E-state index contributed by atoms with van der Waals surface area (Å²) in [4.78, 5) is 0. The van der Waals surface area contributed by atoms with Crippen molar-refractivity contribution in [2.75, 3.05) is 13.1 Å². The Labute approximate surface area is 125 Å². The van der Waals surface area contributed by atoms with Crippen LogP contribution in [-0.2, 0) is 5.41 Å². The van der Waals surface area contributed by atoms with Crippen molar-refractivity contribution in [2.24, 2.45) is 5.41 Å². The Hall–Kier alpha value is -0.600. The Morgan fingerprint density at radius 1 is 1.30 bits per heavy atom. The third kappa shape index (κ3) is 2.27. The van der Waals surface area contributed by atoms with E-state index in [9.17, 15) is 4.39 Å². The monoisotopic (exact) mass is 295 g/mol. The van der Waals surface area contributed by atoms with Crippen LogP contribution in [0.2, 0.25) is 5.02 Å². The summed E-state index contributed by atoms with van der Waals surface area (Å²) in [7, 11) is 0. The van der Waals surface area contributed by atoms with Crippen molar-refractivity contribution in [3.05, 3.63) is 34.6 Å². The van der Waals surface area contributed by atoms with Crippen LogP contribution in [0.1, 0.15) is 51.0 Å². The first kappa shape index (κ1) is 14.3. The minimum Gasteiger partial charge on any atom is -0.316 e. The lowest BCUT2D eigenvalue weighted by Crippen LogP contribution is -2.57. The van der Waals surface area contributed by atoms with Gasteiger partial charge in [-0.05, 0) is 55.7 Å². The molecule has 0 amide bonds. The van der Waals surface area contributed by atoms with Crippen LogP contribution in [0.3, 0.4) is 0 Å². The second-order valence-corrected chi connectivity index (χ2v) is 7.17. The van der Waals surface area contributed by atoms with Gasteiger partial charge in [0.05, 0.1) is 5.02 Å². The van der Waals surface area contributed by atoms with E-state index in [-0.39, 0.29) is 16.3 Å². The smallest absolute Gasteiger partial charge is 0.145 e. The summed E-state index contributed by atoms with van der Waals surface area (Å²) < 4.78 is 14.4. The molecular formula is C17H23ClFN. The van der Waals surface area contributed by atoms with E-state index in [4.69, 9.17) is 11.6 Å².